The van der Waals surface area contributed by atoms with E-state index in [0.717, 1.165) is 16.7 Å². The van der Waals surface area contributed by atoms with Crippen LogP contribution in [-0.4, -0.2) is 59.0 Å². The number of amides is 1. The molecule has 0 radical (unpaired) electrons. The predicted octanol–water partition coefficient (Wildman–Crippen LogP) is 1.92. The lowest BCUT2D eigenvalue weighted by Gasteiger charge is -2.12. The first-order valence-electron chi connectivity index (χ1n) is 7.79. The van der Waals surface area contributed by atoms with E-state index < -0.39 is 24.4 Å². The second kappa shape index (κ2) is 9.38. The molecule has 0 unspecified atom stereocenters. The Morgan fingerprint density at radius 3 is 2.67 bits per heavy atom. The molecule has 8 nitrogen and oxygen atoms in total. The minimum absolute atomic E-state index is 0.191. The average molecular weight is 411 g/mol. The first kappa shape index (κ1) is 20.7. The third kappa shape index (κ3) is 5.44. The number of nitrogens with zero attached hydrogens (tertiary/aromatic N) is 1. The third-order valence-corrected chi connectivity index (χ3v) is 4.68. The first-order valence-corrected chi connectivity index (χ1v) is 9.01. The van der Waals surface area contributed by atoms with Crippen LogP contribution in [0.15, 0.2) is 23.1 Å². The standard InChI is InChI=1S/C17H17NO7S2/c1-3-24-12-6-10(4-5-11(12)25-9-15(21)23-2)7-13-16(22)18(8-14(19)20)17(26)27-13/h4-7H,3,8-9H2,1-2H3,(H,19,20)/b13-7-. The Morgan fingerprint density at radius 2 is 2.04 bits per heavy atom. The van der Waals surface area contributed by atoms with Crippen molar-refractivity contribution in [3.05, 3.63) is 28.7 Å². The van der Waals surface area contributed by atoms with Crippen LogP contribution in [0.3, 0.4) is 0 Å². The van der Waals surface area contributed by atoms with Crippen molar-refractivity contribution in [3.63, 3.8) is 0 Å². The van der Waals surface area contributed by atoms with Crippen LogP contribution in [0.2, 0.25) is 0 Å². The number of hydrogen-bond donors (Lipinski definition) is 1. The molecule has 1 aliphatic heterocycles. The molecule has 1 heterocycles. The maximum Gasteiger partial charge on any atom is 0.343 e. The highest BCUT2D eigenvalue weighted by Gasteiger charge is 2.33. The Labute approximate surface area is 165 Å². The number of thioether (sulfide) groups is 1. The number of aliphatic carboxylic acids is 1. The Hall–Kier alpha value is -2.59. The molecule has 0 aliphatic carbocycles. The van der Waals surface area contributed by atoms with Gasteiger partial charge in [0.2, 0.25) is 0 Å². The van der Waals surface area contributed by atoms with Gasteiger partial charge in [-0.3, -0.25) is 14.5 Å². The van der Waals surface area contributed by atoms with Gasteiger partial charge in [0, 0.05) is 0 Å². The van der Waals surface area contributed by atoms with E-state index in [1.807, 2.05) is 0 Å². The van der Waals surface area contributed by atoms with Crippen LogP contribution in [0.4, 0.5) is 0 Å². The van der Waals surface area contributed by atoms with E-state index in [4.69, 9.17) is 26.8 Å². The van der Waals surface area contributed by atoms with Gasteiger partial charge in [0.05, 0.1) is 18.6 Å². The van der Waals surface area contributed by atoms with E-state index in [1.165, 1.54) is 7.11 Å². The van der Waals surface area contributed by atoms with Gasteiger partial charge in [-0.25, -0.2) is 4.79 Å². The Kier molecular flexibility index (Phi) is 7.19. The number of benzene rings is 1. The summed E-state index contributed by atoms with van der Waals surface area (Å²) in [4.78, 5) is 35.7. The van der Waals surface area contributed by atoms with Crippen LogP contribution in [0, 0.1) is 0 Å². The summed E-state index contributed by atoms with van der Waals surface area (Å²) < 4.78 is 15.6. The summed E-state index contributed by atoms with van der Waals surface area (Å²) in [5.74, 6) is -1.37. The summed E-state index contributed by atoms with van der Waals surface area (Å²) in [7, 11) is 1.26. The molecular formula is C17H17NO7S2. The van der Waals surface area contributed by atoms with Crippen molar-refractivity contribution >= 4 is 52.2 Å². The molecule has 27 heavy (non-hydrogen) atoms. The second-order valence-corrected chi connectivity index (χ2v) is 6.84. The molecule has 10 heteroatoms. The maximum atomic E-state index is 12.3. The number of carbonyl (C=O) groups is 3. The Balaban J connectivity index is 2.23. The van der Waals surface area contributed by atoms with E-state index in [2.05, 4.69) is 4.74 Å². The van der Waals surface area contributed by atoms with Crippen LogP contribution in [0.25, 0.3) is 6.08 Å². The maximum absolute atomic E-state index is 12.3. The fourth-order valence-corrected chi connectivity index (χ4v) is 3.38. The number of esters is 1. The molecule has 0 bridgehead atoms. The molecule has 144 valence electrons. The monoisotopic (exact) mass is 411 g/mol. The lowest BCUT2D eigenvalue weighted by Crippen LogP contribution is -2.33. The van der Waals surface area contributed by atoms with Crippen LogP contribution >= 0.6 is 24.0 Å². The van der Waals surface area contributed by atoms with Gasteiger partial charge in [0.25, 0.3) is 5.91 Å². The fourth-order valence-electron chi connectivity index (χ4n) is 2.12. The van der Waals surface area contributed by atoms with Crippen molar-refractivity contribution in [1.29, 1.82) is 0 Å². The molecule has 1 aromatic rings. The van der Waals surface area contributed by atoms with Crippen LogP contribution in [0.5, 0.6) is 11.5 Å². The zero-order valence-electron chi connectivity index (χ0n) is 14.6. The molecule has 1 saturated heterocycles. The summed E-state index contributed by atoms with van der Waals surface area (Å²) in [6, 6.07) is 4.94. The summed E-state index contributed by atoms with van der Waals surface area (Å²) in [5.41, 5.74) is 0.639. The molecule has 1 fully saturated rings. The van der Waals surface area contributed by atoms with Crippen LogP contribution in [0.1, 0.15) is 12.5 Å². The first-order chi connectivity index (χ1) is 12.8. The number of carbonyl (C=O) groups excluding carboxylic acids is 2. The topological polar surface area (TPSA) is 102 Å². The number of carboxylic acid groups (broad SMARTS) is 1. The molecule has 0 saturated carbocycles. The van der Waals surface area contributed by atoms with E-state index >= 15 is 0 Å². The van der Waals surface area contributed by atoms with Gasteiger partial charge in [-0.05, 0) is 30.7 Å². The number of carboxylic acids is 1. The fraction of sp³-hybridized carbons (Fsp3) is 0.294. The molecule has 2 rings (SSSR count). The Morgan fingerprint density at radius 1 is 1.30 bits per heavy atom. The van der Waals surface area contributed by atoms with Crippen LogP contribution < -0.4 is 9.47 Å². The SMILES string of the molecule is CCOc1cc(/C=C2\SC(=S)N(CC(=O)O)C2=O)ccc1OCC(=O)OC. The van der Waals surface area contributed by atoms with Crippen molar-refractivity contribution in [1.82, 2.24) is 4.90 Å². The largest absolute Gasteiger partial charge is 0.490 e. The molecule has 1 N–H and O–H groups in total. The van der Waals surface area contributed by atoms with E-state index in [0.29, 0.717) is 28.6 Å². The van der Waals surface area contributed by atoms with Crippen LogP contribution in [-0.2, 0) is 19.1 Å². The molecule has 1 amide bonds. The van der Waals surface area contributed by atoms with E-state index in [1.54, 1.807) is 31.2 Å². The lowest BCUT2D eigenvalue weighted by atomic mass is 10.2. The van der Waals surface area contributed by atoms with Gasteiger partial charge in [-0.15, -0.1) is 0 Å². The molecular weight excluding hydrogens is 394 g/mol. The summed E-state index contributed by atoms with van der Waals surface area (Å²) >= 11 is 6.09. The number of methoxy groups -OCH3 is 1. The molecule has 0 aromatic heterocycles. The van der Waals surface area contributed by atoms with Gasteiger partial charge >= 0.3 is 11.9 Å². The number of hydrogen-bond acceptors (Lipinski definition) is 8. The van der Waals surface area contributed by atoms with Crippen molar-refractivity contribution < 1.29 is 33.7 Å². The third-order valence-electron chi connectivity index (χ3n) is 3.31. The zero-order valence-corrected chi connectivity index (χ0v) is 16.2. The number of ether oxygens (including phenoxy) is 3. The van der Waals surface area contributed by atoms with E-state index in [9.17, 15) is 14.4 Å². The summed E-state index contributed by atoms with van der Waals surface area (Å²) in [6.07, 6.45) is 1.59. The lowest BCUT2D eigenvalue weighted by molar-refractivity contribution is -0.143. The van der Waals surface area contributed by atoms with Crippen molar-refractivity contribution in [3.8, 4) is 11.5 Å². The number of rotatable bonds is 8. The van der Waals surface area contributed by atoms with Gasteiger partial charge in [-0.2, -0.15) is 0 Å². The Bertz CT molecular complexity index is 806. The van der Waals surface area contributed by atoms with Gasteiger partial charge in [-0.1, -0.05) is 30.0 Å². The minimum Gasteiger partial charge on any atom is -0.490 e. The normalized spacial score (nSPS) is 15.2. The second-order valence-electron chi connectivity index (χ2n) is 5.17. The molecule has 1 aliphatic rings. The van der Waals surface area contributed by atoms with Gasteiger partial charge in [0.1, 0.15) is 10.9 Å². The highest BCUT2D eigenvalue weighted by molar-refractivity contribution is 8.26. The quantitative estimate of drug-likeness (QED) is 0.390. The molecule has 1 aromatic carbocycles. The minimum atomic E-state index is -1.14. The van der Waals surface area contributed by atoms with Gasteiger partial charge < -0.3 is 19.3 Å². The van der Waals surface area contributed by atoms with Crippen molar-refractivity contribution in [2.75, 3.05) is 26.9 Å². The predicted molar refractivity (Wildman–Crippen MR) is 103 cm³/mol. The smallest absolute Gasteiger partial charge is 0.343 e. The van der Waals surface area contributed by atoms with E-state index in [-0.39, 0.29) is 10.9 Å². The summed E-state index contributed by atoms with van der Waals surface area (Å²) in [6.45, 7) is 1.43. The zero-order chi connectivity index (χ0) is 20.0. The highest BCUT2D eigenvalue weighted by Crippen LogP contribution is 2.34. The average Bonchev–Trinajstić information content (AvgIpc) is 2.88. The van der Waals surface area contributed by atoms with Crippen molar-refractivity contribution in [2.45, 2.75) is 6.92 Å². The highest BCUT2D eigenvalue weighted by atomic mass is 32.2. The van der Waals surface area contributed by atoms with Gasteiger partial charge in [0.15, 0.2) is 18.1 Å². The number of thiocarbonyl (C=S) groups is 1. The molecule has 0 spiro atoms. The van der Waals surface area contributed by atoms with Crippen molar-refractivity contribution in [2.24, 2.45) is 0 Å². The molecule has 0 atom stereocenters. The summed E-state index contributed by atoms with van der Waals surface area (Å²) in [5, 5.41) is 8.87.